The van der Waals surface area contributed by atoms with Crippen LogP contribution in [0.4, 0.5) is 0 Å². The predicted octanol–water partition coefficient (Wildman–Crippen LogP) is 30.7. The van der Waals surface area contributed by atoms with Gasteiger partial charge in [0.05, 0.1) is 35.1 Å². The summed E-state index contributed by atoms with van der Waals surface area (Å²) in [5.41, 5.74) is 29.2. The van der Waals surface area contributed by atoms with E-state index < -0.39 is 5.97 Å². The van der Waals surface area contributed by atoms with Crippen LogP contribution < -0.4 is 5.32 Å². The Hall–Kier alpha value is -10.0. The minimum atomic E-state index is -0.903. The van der Waals surface area contributed by atoms with E-state index in [1.807, 2.05) is 103 Å². The molecule has 9 heterocycles. The largest absolute Gasteiger partial charge is 0.478 e. The van der Waals surface area contributed by atoms with Crippen molar-refractivity contribution < 1.29 is 19.4 Å². The summed E-state index contributed by atoms with van der Waals surface area (Å²) in [6, 6.07) is 117. The molecule has 21 rings (SSSR count). The van der Waals surface area contributed by atoms with Gasteiger partial charge in [0.1, 0.15) is 0 Å². The molecule has 9 aliphatic rings. The Morgan fingerprint density at radius 3 is 1.05 bits per heavy atom. The van der Waals surface area contributed by atoms with Crippen LogP contribution in [-0.4, -0.2) is 112 Å². The number of piperidine rings is 3. The number of carboxylic acids is 1. The molecule has 0 amide bonds. The first-order chi connectivity index (χ1) is 66.1. The summed E-state index contributed by atoms with van der Waals surface area (Å²) in [6.45, 7) is 23.9. The van der Waals surface area contributed by atoms with Crippen molar-refractivity contribution in [2.75, 3.05) is 80.6 Å². The molecule has 0 radical (unpaired) electrons. The van der Waals surface area contributed by atoms with Gasteiger partial charge in [0.25, 0.3) is 0 Å². The first-order valence-electron chi connectivity index (χ1n) is 48.6. The SMILES string of the molecule is CC1(c2ccccc2)Sc2ccccc2/C1=C\C(=O)O.CC1(c2ccccc2)Sc2ccccc2C1=C1CCNCC1.CCC1(c2ccccc2)Sc2ccccc2C1=C1CCN(C)CC1.CCCCC1(c2ccccc2)Sc2ccccc2C1=C1CCN(C)CC1.CCOC(=O)/C=C1/c2ccccc2SC1(C)c1ccccc1.CN(C)CC/C=C1/c2ccccc2SC1(C)c1ccccc1. The van der Waals surface area contributed by atoms with Crippen LogP contribution in [0.1, 0.15) is 186 Å². The number of unbranched alkanes of at least 4 members (excludes halogenated alkanes) is 1. The lowest BCUT2D eigenvalue weighted by atomic mass is 9.78. The van der Waals surface area contributed by atoms with E-state index in [1.54, 1.807) is 63.0 Å². The van der Waals surface area contributed by atoms with Gasteiger partial charge in [-0.25, -0.2) is 9.59 Å². The molecule has 12 aromatic rings. The molecule has 0 aliphatic carbocycles. The summed E-state index contributed by atoms with van der Waals surface area (Å²) in [5.74, 6) is -1.18. The number of carbonyl (C=O) groups excluding carboxylic acids is 1. The van der Waals surface area contributed by atoms with Gasteiger partial charge in [0.2, 0.25) is 0 Å². The molecule has 136 heavy (non-hydrogen) atoms. The van der Waals surface area contributed by atoms with E-state index in [-0.39, 0.29) is 34.5 Å². The standard InChI is InChI=1S/C24H29NS.C22H25NS.C20H21NS.C20H23NS.C19H18O2S.C17H14O2S/c1-3-4-16-24(20-10-6-5-7-11-20)23(19-14-17-25(2)18-15-19)21-12-8-9-13-22(21)26-24;1-3-22(18-9-5-4-6-10-18)21(17-13-15-23(2)16-14-17)19-11-7-8-12-20(19)24-22;1-20(16-7-3-2-4-8-16)19(15-11-13-21-14-12-15)17-9-5-6-10-18(17)22-20;1-20(16-10-5-4-6-11-16)18(13-9-15-21(2)3)17-12-7-8-14-19(17)22-20;1-3-21-18(20)13-16-15-11-7-8-12-17(15)22-19(16,2)14-9-5-4-6-10-14;1-17(12-7-3-2-4-8-12)14(11-16(18)19)13-9-5-6-10-15(13)20-17/h5-13H,3-4,14-18H2,1-2H3;4-12H,3,13-16H2,1-2H3;2-10,21H,11-14H2,1H3;4-8,10-14H,9,15H2,1-3H3;4-13H,3H2,1-2H3;2-11H,1H3,(H,18,19)/b;;;18-13-;16-13-;14-11+. The second-order valence-electron chi connectivity index (χ2n) is 37.2. The average molecular weight is 1910 g/mol. The predicted molar refractivity (Wildman–Crippen MR) is 583 cm³/mol. The number of benzene rings is 12. The van der Waals surface area contributed by atoms with Crippen molar-refractivity contribution in [3.05, 3.63) is 429 Å². The monoisotopic (exact) mass is 1910 g/mol. The lowest BCUT2D eigenvalue weighted by Crippen LogP contribution is -2.29. The fourth-order valence-electron chi connectivity index (χ4n) is 20.9. The lowest BCUT2D eigenvalue weighted by molar-refractivity contribution is -0.137. The molecule has 0 bridgehead atoms. The summed E-state index contributed by atoms with van der Waals surface area (Å²) in [6.07, 6.45) is 18.6. The molecule has 0 aromatic heterocycles. The summed E-state index contributed by atoms with van der Waals surface area (Å²) in [4.78, 5) is 38.4. The molecule has 3 fully saturated rings. The number of hydrogen-bond acceptors (Lipinski definition) is 13. The highest BCUT2D eigenvalue weighted by Crippen LogP contribution is 2.67. The third kappa shape index (κ3) is 21.5. The molecule has 14 heteroatoms. The number of carbonyl (C=O) groups is 2. The van der Waals surface area contributed by atoms with Gasteiger partial charge < -0.3 is 29.9 Å². The number of aliphatic carboxylic acids is 1. The van der Waals surface area contributed by atoms with E-state index >= 15 is 0 Å². The normalized spacial score (nSPS) is 23.1. The number of hydrogen-bond donors (Lipinski definition) is 2. The van der Waals surface area contributed by atoms with E-state index in [4.69, 9.17) is 4.74 Å². The van der Waals surface area contributed by atoms with Gasteiger partial charge in [0.15, 0.2) is 0 Å². The second kappa shape index (κ2) is 45.3. The number of nitrogens with zero attached hydrogens (tertiary/aromatic N) is 3. The van der Waals surface area contributed by atoms with Crippen molar-refractivity contribution in [1.82, 2.24) is 20.0 Å². The first-order valence-corrected chi connectivity index (χ1v) is 53.5. The lowest BCUT2D eigenvalue weighted by Gasteiger charge is -2.35. The van der Waals surface area contributed by atoms with E-state index in [0.717, 1.165) is 65.2 Å². The molecule has 8 nitrogen and oxygen atoms in total. The van der Waals surface area contributed by atoms with Crippen LogP contribution in [0.25, 0.3) is 33.4 Å². The second-order valence-corrected chi connectivity index (χ2v) is 45.8. The Bertz CT molecular complexity index is 6330. The van der Waals surface area contributed by atoms with Gasteiger partial charge in [-0.2, -0.15) is 0 Å². The number of esters is 1. The molecule has 9 aliphatic heterocycles. The van der Waals surface area contributed by atoms with Crippen molar-refractivity contribution in [3.8, 4) is 0 Å². The van der Waals surface area contributed by atoms with E-state index in [1.165, 1.54) is 170 Å². The van der Waals surface area contributed by atoms with E-state index in [2.05, 4.69) is 374 Å². The number of fused-ring (bicyclic) bond motifs is 6. The molecule has 2 N–H and O–H groups in total. The molecule has 3 saturated heterocycles. The molecule has 698 valence electrons. The van der Waals surface area contributed by atoms with Crippen LogP contribution in [0, 0.1) is 0 Å². The number of ether oxygens (including phenoxy) is 1. The Morgan fingerprint density at radius 2 is 0.669 bits per heavy atom. The highest BCUT2D eigenvalue weighted by molar-refractivity contribution is 8.02. The molecule has 12 aromatic carbocycles. The fourth-order valence-corrected chi connectivity index (χ4v) is 29.9. The van der Waals surface area contributed by atoms with Gasteiger partial charge in [-0.15, -0.1) is 70.6 Å². The minimum Gasteiger partial charge on any atom is -0.478 e. The van der Waals surface area contributed by atoms with Crippen molar-refractivity contribution in [2.45, 2.75) is 177 Å². The van der Waals surface area contributed by atoms with E-state index in [9.17, 15) is 14.7 Å². The highest BCUT2D eigenvalue weighted by Gasteiger charge is 2.49. The Kier molecular flexibility index (Phi) is 32.9. The number of likely N-dealkylation sites (tertiary alicyclic amines) is 2. The van der Waals surface area contributed by atoms with Crippen molar-refractivity contribution >= 4 is 116 Å². The van der Waals surface area contributed by atoms with Crippen LogP contribution in [0.15, 0.2) is 392 Å². The maximum Gasteiger partial charge on any atom is 0.331 e. The number of rotatable bonds is 16. The Labute approximate surface area is 835 Å². The van der Waals surface area contributed by atoms with Crippen LogP contribution in [0.5, 0.6) is 0 Å². The number of thioether (sulfide) groups is 6. The van der Waals surface area contributed by atoms with Crippen molar-refractivity contribution in [1.29, 1.82) is 0 Å². The number of carboxylic acid groups (broad SMARTS) is 1. The van der Waals surface area contributed by atoms with Crippen LogP contribution >= 0.6 is 70.6 Å². The zero-order chi connectivity index (χ0) is 94.9. The minimum absolute atomic E-state index is 0.0112. The van der Waals surface area contributed by atoms with Crippen LogP contribution in [0.2, 0.25) is 0 Å². The zero-order valence-corrected chi connectivity index (χ0v) is 85.7. The topological polar surface area (TPSA) is 85.4 Å². The molecule has 0 saturated carbocycles. The summed E-state index contributed by atoms with van der Waals surface area (Å²) in [7, 11) is 8.75. The Morgan fingerprint density at radius 1 is 0.368 bits per heavy atom. The summed E-state index contributed by atoms with van der Waals surface area (Å²) < 4.78 is 4.71. The molecular weight excluding hydrogens is 1780 g/mol. The maximum atomic E-state index is 12.0. The molecular formula is C122H130N4O4S6. The zero-order valence-electron chi connectivity index (χ0n) is 80.8. The highest BCUT2D eigenvalue weighted by atomic mass is 32.2. The van der Waals surface area contributed by atoms with Gasteiger partial charge in [-0.3, -0.25) is 0 Å². The average Bonchev–Trinajstić information content (AvgIpc) is 1.58. The quantitative estimate of drug-likeness (QED) is 0.0711. The van der Waals surface area contributed by atoms with Gasteiger partial charge >= 0.3 is 11.9 Å². The summed E-state index contributed by atoms with van der Waals surface area (Å²) >= 11 is 11.7. The van der Waals surface area contributed by atoms with Crippen molar-refractivity contribution in [3.63, 3.8) is 0 Å². The van der Waals surface area contributed by atoms with E-state index in [0.29, 0.717) is 6.61 Å². The summed E-state index contributed by atoms with van der Waals surface area (Å²) in [5, 5.41) is 12.7. The molecule has 6 atom stereocenters. The van der Waals surface area contributed by atoms with Crippen LogP contribution in [0.3, 0.4) is 0 Å². The first kappa shape index (κ1) is 99.0. The van der Waals surface area contributed by atoms with Gasteiger partial charge in [-0.1, -0.05) is 341 Å². The van der Waals surface area contributed by atoms with Crippen molar-refractivity contribution in [2.24, 2.45) is 0 Å². The molecule has 6 unspecified atom stereocenters. The third-order valence-electron chi connectivity index (χ3n) is 28.0. The smallest absolute Gasteiger partial charge is 0.331 e. The maximum absolute atomic E-state index is 12.0. The third-order valence-corrected chi connectivity index (χ3v) is 37.0. The number of nitrogens with one attached hydrogen (secondary N) is 1. The van der Waals surface area contributed by atoms with Gasteiger partial charge in [0, 0.05) is 74.2 Å². The van der Waals surface area contributed by atoms with Gasteiger partial charge in [-0.05, 0) is 270 Å². The Balaban J connectivity index is 0.000000119. The molecule has 0 spiro atoms. The van der Waals surface area contributed by atoms with Crippen LogP contribution in [-0.2, 0) is 42.8 Å². The fraction of sp³-hybridized carbons (Fsp3) is 0.295.